The maximum Gasteiger partial charge on any atom is 0.115 e. The highest BCUT2D eigenvalue weighted by molar-refractivity contribution is 5.84. The molecule has 10 nitrogen and oxygen atoms in total. The van der Waals surface area contributed by atoms with Gasteiger partial charge >= 0.3 is 0 Å². The third-order valence-corrected chi connectivity index (χ3v) is 13.8. The van der Waals surface area contributed by atoms with Crippen LogP contribution in [0, 0.1) is 0 Å². The van der Waals surface area contributed by atoms with Crippen LogP contribution in [0.15, 0.2) is 218 Å². The number of benzene rings is 8. The molecule has 10 heteroatoms. The molecular weight excluding hydrogens is 929 g/mol. The molecule has 74 heavy (non-hydrogen) atoms. The van der Waals surface area contributed by atoms with E-state index in [1.807, 2.05) is 218 Å². The molecule has 10 atom stereocenters. The molecule has 0 aliphatic carbocycles. The minimum atomic E-state index is -1.26. The van der Waals surface area contributed by atoms with Crippen LogP contribution >= 0.6 is 0 Å². The molecule has 0 radical (unpaired) electrons. The molecule has 2 N–H and O–H groups in total. The van der Waals surface area contributed by atoms with E-state index in [-0.39, 0.29) is 39.6 Å². The summed E-state index contributed by atoms with van der Waals surface area (Å²) in [7, 11) is 0. The van der Waals surface area contributed by atoms with Crippen LogP contribution in [-0.2, 0) is 77.5 Å². The van der Waals surface area contributed by atoms with Crippen LogP contribution in [-0.4, -0.2) is 72.3 Å². The minimum absolute atomic E-state index is 0.130. The highest BCUT2D eigenvalue weighted by Gasteiger charge is 2.51. The van der Waals surface area contributed by atoms with Crippen molar-refractivity contribution in [1.82, 2.24) is 0 Å². The van der Waals surface area contributed by atoms with Gasteiger partial charge in [0.25, 0.3) is 0 Å². The number of aliphatic hydroxyl groups is 2. The van der Waals surface area contributed by atoms with Crippen molar-refractivity contribution >= 4 is 10.8 Å². The summed E-state index contributed by atoms with van der Waals surface area (Å²) in [6, 6.07) is 71.8. The van der Waals surface area contributed by atoms with E-state index in [1.54, 1.807) is 0 Å². The molecule has 0 amide bonds. The molecule has 380 valence electrons. The summed E-state index contributed by atoms with van der Waals surface area (Å²) in [5, 5.41) is 27.9. The molecule has 0 bridgehead atoms. The Labute approximate surface area is 434 Å². The van der Waals surface area contributed by atoms with Gasteiger partial charge in [-0.3, -0.25) is 0 Å². The van der Waals surface area contributed by atoms with Crippen molar-refractivity contribution in [1.29, 1.82) is 0 Å². The molecule has 2 aliphatic rings. The first-order valence-electron chi connectivity index (χ1n) is 25.6. The van der Waals surface area contributed by atoms with Gasteiger partial charge in [0.1, 0.15) is 61.0 Å². The number of aliphatic hydroxyl groups excluding tert-OH is 2. The second kappa shape index (κ2) is 25.7. The number of hydrogen-bond donors (Lipinski definition) is 2. The van der Waals surface area contributed by atoms with Crippen LogP contribution in [0.25, 0.3) is 10.8 Å². The van der Waals surface area contributed by atoms with E-state index >= 15 is 0 Å². The van der Waals surface area contributed by atoms with E-state index < -0.39 is 61.0 Å². The zero-order valence-electron chi connectivity index (χ0n) is 41.4. The summed E-state index contributed by atoms with van der Waals surface area (Å²) in [6.07, 6.45) is -9.27. The average Bonchev–Trinajstić information content (AvgIpc) is 3.45. The molecular formula is C64H64O10. The van der Waals surface area contributed by atoms with Gasteiger partial charge in [-0.25, -0.2) is 0 Å². The Balaban J connectivity index is 1.04. The Hall–Kier alpha value is -6.38. The average molecular weight is 993 g/mol. The minimum Gasteiger partial charge on any atom is -0.387 e. The Morgan fingerprint density at radius 3 is 0.865 bits per heavy atom. The van der Waals surface area contributed by atoms with Gasteiger partial charge in [-0.2, -0.15) is 0 Å². The van der Waals surface area contributed by atoms with Crippen LogP contribution in [0.2, 0.25) is 0 Å². The number of ether oxygens (including phenoxy) is 8. The summed E-state index contributed by atoms with van der Waals surface area (Å²) in [5.74, 6) is 0. The van der Waals surface area contributed by atoms with E-state index in [1.165, 1.54) is 0 Å². The van der Waals surface area contributed by atoms with Crippen molar-refractivity contribution in [2.75, 3.05) is 13.2 Å². The molecule has 2 heterocycles. The van der Waals surface area contributed by atoms with Crippen molar-refractivity contribution in [3.8, 4) is 0 Å². The lowest BCUT2D eigenvalue weighted by molar-refractivity contribution is -0.268. The van der Waals surface area contributed by atoms with Crippen LogP contribution in [0.5, 0.6) is 0 Å². The van der Waals surface area contributed by atoms with Crippen LogP contribution in [0.1, 0.15) is 56.7 Å². The molecule has 8 aromatic carbocycles. The standard InChI is InChI=1S/C64H64O10/c65-57-59(73-55(43-67-37-45-21-7-1-8-22-45)61(69-39-47-25-11-3-12-26-47)63(57)71-41-49-29-15-5-16-30-49)53-35-51-33-19-20-34-52(51)36-54(53)60-58(66)64(72-42-50-31-17-6-18-32-50)62(70-40-48-27-13-4-14-28-48)56(74-60)44-68-38-46-23-9-2-10-24-46/h1-36,55-66H,37-44H2/t55-,56-,57+,58+,59+,60+,61-,62-,63-,64-/m1/s1. The van der Waals surface area contributed by atoms with E-state index in [4.69, 9.17) is 37.9 Å². The number of fused-ring (bicyclic) bond motifs is 1. The summed E-state index contributed by atoms with van der Waals surface area (Å²) >= 11 is 0. The second-order valence-corrected chi connectivity index (χ2v) is 19.0. The fourth-order valence-electron chi connectivity index (χ4n) is 9.99. The monoisotopic (exact) mass is 992 g/mol. The zero-order valence-corrected chi connectivity index (χ0v) is 41.4. The van der Waals surface area contributed by atoms with Crippen LogP contribution < -0.4 is 0 Å². The molecule has 0 aromatic heterocycles. The quantitative estimate of drug-likeness (QED) is 0.0680. The molecule has 10 rings (SSSR count). The first kappa shape index (κ1) is 51.1. The highest BCUT2D eigenvalue weighted by Crippen LogP contribution is 2.45. The maximum atomic E-state index is 13.0. The normalized spacial score (nSPS) is 23.9. The van der Waals surface area contributed by atoms with Crippen molar-refractivity contribution in [2.24, 2.45) is 0 Å². The zero-order chi connectivity index (χ0) is 50.3. The largest absolute Gasteiger partial charge is 0.387 e. The van der Waals surface area contributed by atoms with E-state index in [0.29, 0.717) is 24.3 Å². The molecule has 8 aromatic rings. The molecule has 2 fully saturated rings. The summed E-state index contributed by atoms with van der Waals surface area (Å²) in [6.45, 7) is 1.86. The van der Waals surface area contributed by atoms with Crippen molar-refractivity contribution in [3.05, 3.63) is 263 Å². The van der Waals surface area contributed by atoms with Gasteiger partial charge in [-0.1, -0.05) is 206 Å². The Morgan fingerprint density at radius 2 is 0.568 bits per heavy atom. The van der Waals surface area contributed by atoms with Gasteiger partial charge in [-0.15, -0.1) is 0 Å². The summed E-state index contributed by atoms with van der Waals surface area (Å²) in [4.78, 5) is 0. The van der Waals surface area contributed by atoms with Crippen molar-refractivity contribution < 1.29 is 48.1 Å². The van der Waals surface area contributed by atoms with E-state index in [0.717, 1.165) is 44.2 Å². The molecule has 0 saturated carbocycles. The highest BCUT2D eigenvalue weighted by atomic mass is 16.6. The van der Waals surface area contributed by atoms with Gasteiger partial charge in [0.05, 0.1) is 52.9 Å². The van der Waals surface area contributed by atoms with Gasteiger partial charge in [-0.05, 0) is 67.4 Å². The predicted octanol–water partition coefficient (Wildman–Crippen LogP) is 11.2. The lowest BCUT2D eigenvalue weighted by Gasteiger charge is -2.47. The number of hydrogen-bond acceptors (Lipinski definition) is 10. The Kier molecular flexibility index (Phi) is 17.8. The van der Waals surface area contributed by atoms with Gasteiger partial charge < -0.3 is 48.1 Å². The topological polar surface area (TPSA) is 114 Å². The third kappa shape index (κ3) is 13.1. The van der Waals surface area contributed by atoms with Gasteiger partial charge in [0.2, 0.25) is 0 Å². The SMILES string of the molecule is O[C@@H]1[C@@H](OCc2ccccc2)[C@H](OCc2ccccc2)[C@@H](COCc2ccccc2)O[C@H]1c1cc2ccccc2cc1[C@@H]1O[C@H](COCc2ccccc2)[C@@H](OCc2ccccc2)[C@H](OCc2ccccc2)[C@H]1O. The first-order valence-corrected chi connectivity index (χ1v) is 25.6. The lowest BCUT2D eigenvalue weighted by atomic mass is 9.83. The molecule has 2 aliphatic heterocycles. The lowest BCUT2D eigenvalue weighted by Crippen LogP contribution is -2.58. The molecule has 0 spiro atoms. The van der Waals surface area contributed by atoms with E-state index in [2.05, 4.69) is 0 Å². The van der Waals surface area contributed by atoms with Crippen LogP contribution in [0.4, 0.5) is 0 Å². The van der Waals surface area contributed by atoms with Crippen molar-refractivity contribution in [2.45, 2.75) is 101 Å². The smallest absolute Gasteiger partial charge is 0.115 e. The molecule has 2 saturated heterocycles. The number of rotatable bonds is 22. The van der Waals surface area contributed by atoms with Gasteiger partial charge in [0, 0.05) is 0 Å². The molecule has 0 unspecified atom stereocenters. The first-order chi connectivity index (χ1) is 36.5. The maximum absolute atomic E-state index is 13.0. The van der Waals surface area contributed by atoms with E-state index in [9.17, 15) is 10.2 Å². The summed E-state index contributed by atoms with van der Waals surface area (Å²) < 4.78 is 54.7. The second-order valence-electron chi connectivity index (χ2n) is 19.0. The third-order valence-electron chi connectivity index (χ3n) is 13.8. The fourth-order valence-corrected chi connectivity index (χ4v) is 9.99. The Morgan fingerprint density at radius 1 is 0.311 bits per heavy atom. The predicted molar refractivity (Wildman–Crippen MR) is 283 cm³/mol. The summed E-state index contributed by atoms with van der Waals surface area (Å²) in [5.41, 5.74) is 7.08. The fraction of sp³-hybridized carbons (Fsp3) is 0.281. The Bertz CT molecular complexity index is 2700. The van der Waals surface area contributed by atoms with Gasteiger partial charge in [0.15, 0.2) is 0 Å². The van der Waals surface area contributed by atoms with Crippen molar-refractivity contribution in [3.63, 3.8) is 0 Å². The van der Waals surface area contributed by atoms with Crippen LogP contribution in [0.3, 0.4) is 0 Å².